The van der Waals surface area contributed by atoms with Gasteiger partial charge < -0.3 is 0 Å². The Bertz CT molecular complexity index is 794. The van der Waals surface area contributed by atoms with Gasteiger partial charge in [0.25, 0.3) is 0 Å². The summed E-state index contributed by atoms with van der Waals surface area (Å²) >= 11 is 5.39. The summed E-state index contributed by atoms with van der Waals surface area (Å²) in [5.41, 5.74) is 2.09. The number of aryl methyl sites for hydroxylation is 1. The topological polar surface area (TPSA) is 30.2 Å². The standard InChI is InChI=1S/C21H28BrN3S/c1-2-3-4-5-6-7-8-9-13-16-18-24-25-20(22)19(23-21(25)26-18)17-14-11-10-12-15-17/h10-12,14-15H,2-9,13,16H2,1H3. The van der Waals surface area contributed by atoms with Crippen LogP contribution in [0.4, 0.5) is 0 Å². The Labute approximate surface area is 169 Å². The zero-order valence-electron chi connectivity index (χ0n) is 15.6. The lowest BCUT2D eigenvalue weighted by atomic mass is 10.1. The highest BCUT2D eigenvalue weighted by atomic mass is 79.9. The van der Waals surface area contributed by atoms with Crippen molar-refractivity contribution in [3.05, 3.63) is 39.9 Å². The fraction of sp³-hybridized carbons (Fsp3) is 0.524. The summed E-state index contributed by atoms with van der Waals surface area (Å²) in [4.78, 5) is 5.74. The SMILES string of the molecule is CCCCCCCCCCCc1nn2c(Br)c(-c3ccccc3)nc2s1. The van der Waals surface area contributed by atoms with Crippen LogP contribution in [0.25, 0.3) is 16.2 Å². The number of hydrogen-bond acceptors (Lipinski definition) is 3. The minimum atomic E-state index is 0.952. The quantitative estimate of drug-likeness (QED) is 0.297. The van der Waals surface area contributed by atoms with Gasteiger partial charge in [0.15, 0.2) is 0 Å². The third-order valence-electron chi connectivity index (χ3n) is 4.73. The molecule has 0 atom stereocenters. The molecule has 0 saturated heterocycles. The summed E-state index contributed by atoms with van der Waals surface area (Å²) in [6, 6.07) is 10.3. The van der Waals surface area contributed by atoms with Crippen molar-refractivity contribution in [1.29, 1.82) is 0 Å². The van der Waals surface area contributed by atoms with Crippen molar-refractivity contribution in [2.75, 3.05) is 0 Å². The van der Waals surface area contributed by atoms with Gasteiger partial charge in [-0.15, -0.1) is 0 Å². The lowest BCUT2D eigenvalue weighted by molar-refractivity contribution is 0.564. The van der Waals surface area contributed by atoms with Crippen LogP contribution in [0.3, 0.4) is 0 Å². The molecule has 2 aromatic heterocycles. The molecule has 3 aromatic rings. The maximum absolute atomic E-state index is 4.77. The van der Waals surface area contributed by atoms with Gasteiger partial charge in [-0.3, -0.25) is 0 Å². The second kappa shape index (κ2) is 10.2. The molecule has 0 aliphatic heterocycles. The zero-order valence-corrected chi connectivity index (χ0v) is 18.0. The molecule has 3 nitrogen and oxygen atoms in total. The van der Waals surface area contributed by atoms with E-state index in [9.17, 15) is 0 Å². The molecule has 0 amide bonds. The molecule has 5 heteroatoms. The monoisotopic (exact) mass is 433 g/mol. The highest BCUT2D eigenvalue weighted by Crippen LogP contribution is 2.31. The van der Waals surface area contributed by atoms with Gasteiger partial charge in [-0.25, -0.2) is 4.98 Å². The first-order chi connectivity index (χ1) is 12.8. The Balaban J connectivity index is 1.45. The van der Waals surface area contributed by atoms with Crippen LogP contribution in [0.1, 0.15) is 69.7 Å². The molecule has 0 N–H and O–H groups in total. The molecule has 2 heterocycles. The number of benzene rings is 1. The summed E-state index contributed by atoms with van der Waals surface area (Å²) in [5, 5.41) is 5.94. The van der Waals surface area contributed by atoms with E-state index in [0.29, 0.717) is 0 Å². The van der Waals surface area contributed by atoms with Crippen LogP contribution >= 0.6 is 27.3 Å². The summed E-state index contributed by atoms with van der Waals surface area (Å²) in [7, 11) is 0. The molecule has 3 rings (SSSR count). The van der Waals surface area contributed by atoms with Gasteiger partial charge in [-0.2, -0.15) is 9.61 Å². The summed E-state index contributed by atoms with van der Waals surface area (Å²) in [5.74, 6) is 0. The second-order valence-corrected chi connectivity index (χ2v) is 8.68. The van der Waals surface area contributed by atoms with Crippen molar-refractivity contribution in [3.8, 4) is 11.3 Å². The van der Waals surface area contributed by atoms with E-state index >= 15 is 0 Å². The van der Waals surface area contributed by atoms with Gasteiger partial charge in [-0.05, 0) is 22.4 Å². The first-order valence-corrected chi connectivity index (χ1v) is 11.5. The van der Waals surface area contributed by atoms with Crippen molar-refractivity contribution < 1.29 is 0 Å². The Morgan fingerprint density at radius 2 is 1.58 bits per heavy atom. The Morgan fingerprint density at radius 1 is 0.923 bits per heavy atom. The van der Waals surface area contributed by atoms with Crippen molar-refractivity contribution in [2.24, 2.45) is 0 Å². The molecule has 0 saturated carbocycles. The first-order valence-electron chi connectivity index (χ1n) is 9.89. The fourth-order valence-electron chi connectivity index (χ4n) is 3.23. The van der Waals surface area contributed by atoms with E-state index in [-0.39, 0.29) is 0 Å². The molecule has 0 radical (unpaired) electrons. The van der Waals surface area contributed by atoms with E-state index < -0.39 is 0 Å². The van der Waals surface area contributed by atoms with Gasteiger partial charge in [0, 0.05) is 12.0 Å². The first kappa shape index (κ1) is 19.6. The normalized spacial score (nSPS) is 11.5. The van der Waals surface area contributed by atoms with Crippen molar-refractivity contribution in [2.45, 2.75) is 71.1 Å². The van der Waals surface area contributed by atoms with E-state index in [0.717, 1.165) is 27.2 Å². The Hall–Kier alpha value is -1.20. The number of rotatable bonds is 11. The van der Waals surface area contributed by atoms with Crippen LogP contribution in [-0.4, -0.2) is 14.6 Å². The lowest BCUT2D eigenvalue weighted by Crippen LogP contribution is -1.90. The molecule has 0 fully saturated rings. The van der Waals surface area contributed by atoms with Gasteiger partial charge in [0.1, 0.15) is 15.3 Å². The number of nitrogens with zero attached hydrogens (tertiary/aromatic N) is 3. The Kier molecular flexibility index (Phi) is 7.69. The maximum atomic E-state index is 4.77. The molecule has 1 aromatic carbocycles. The zero-order chi connectivity index (χ0) is 18.2. The third kappa shape index (κ3) is 5.17. The van der Waals surface area contributed by atoms with E-state index in [2.05, 4.69) is 35.0 Å². The molecule has 0 spiro atoms. The number of unbranched alkanes of at least 4 members (excludes halogenated alkanes) is 8. The van der Waals surface area contributed by atoms with Crippen LogP contribution in [0.5, 0.6) is 0 Å². The van der Waals surface area contributed by atoms with Gasteiger partial charge in [0.05, 0.1) is 0 Å². The maximum Gasteiger partial charge on any atom is 0.213 e. The number of aromatic nitrogens is 3. The molecule has 0 bridgehead atoms. The van der Waals surface area contributed by atoms with Crippen LogP contribution in [-0.2, 0) is 6.42 Å². The second-order valence-electron chi connectivity index (χ2n) is 6.89. The van der Waals surface area contributed by atoms with E-state index in [1.165, 1.54) is 62.8 Å². The van der Waals surface area contributed by atoms with Gasteiger partial charge in [-0.1, -0.05) is 100.0 Å². The predicted molar refractivity (Wildman–Crippen MR) is 115 cm³/mol. The minimum absolute atomic E-state index is 0.952. The number of hydrogen-bond donors (Lipinski definition) is 0. The van der Waals surface area contributed by atoms with E-state index in [1.54, 1.807) is 11.3 Å². The minimum Gasteiger partial charge on any atom is -0.216 e. The summed E-state index contributed by atoms with van der Waals surface area (Å²) < 4.78 is 2.89. The molecular formula is C21H28BrN3S. The summed E-state index contributed by atoms with van der Waals surface area (Å²) in [6.45, 7) is 2.27. The predicted octanol–water partition coefficient (Wildman–Crippen LogP) is 7.29. The van der Waals surface area contributed by atoms with Crippen LogP contribution < -0.4 is 0 Å². The fourth-order valence-corrected chi connectivity index (χ4v) is 4.85. The molecule has 0 aliphatic carbocycles. The summed E-state index contributed by atoms with van der Waals surface area (Å²) in [6.07, 6.45) is 13.3. The van der Waals surface area contributed by atoms with Gasteiger partial charge >= 0.3 is 0 Å². The highest BCUT2D eigenvalue weighted by Gasteiger charge is 2.15. The average Bonchev–Trinajstić information content (AvgIpc) is 3.20. The number of halogens is 1. The molecule has 140 valence electrons. The number of imidazole rings is 1. The molecule has 0 aliphatic rings. The van der Waals surface area contributed by atoms with Crippen molar-refractivity contribution >= 4 is 32.2 Å². The van der Waals surface area contributed by atoms with Crippen LogP contribution in [0.2, 0.25) is 0 Å². The highest BCUT2D eigenvalue weighted by molar-refractivity contribution is 9.10. The van der Waals surface area contributed by atoms with Crippen molar-refractivity contribution in [3.63, 3.8) is 0 Å². The van der Waals surface area contributed by atoms with Gasteiger partial charge in [0.2, 0.25) is 4.96 Å². The third-order valence-corrected chi connectivity index (χ3v) is 6.41. The smallest absolute Gasteiger partial charge is 0.213 e. The largest absolute Gasteiger partial charge is 0.216 e. The molecular weight excluding hydrogens is 406 g/mol. The number of fused-ring (bicyclic) bond motifs is 1. The Morgan fingerprint density at radius 3 is 2.23 bits per heavy atom. The van der Waals surface area contributed by atoms with Crippen LogP contribution in [0.15, 0.2) is 34.9 Å². The molecule has 26 heavy (non-hydrogen) atoms. The average molecular weight is 434 g/mol. The van der Waals surface area contributed by atoms with Crippen molar-refractivity contribution in [1.82, 2.24) is 14.6 Å². The van der Waals surface area contributed by atoms with Crippen LogP contribution in [0, 0.1) is 0 Å². The molecule has 0 unspecified atom stereocenters. The lowest BCUT2D eigenvalue weighted by Gasteiger charge is -2.01. The van der Waals surface area contributed by atoms with E-state index in [4.69, 9.17) is 10.1 Å². The van der Waals surface area contributed by atoms with E-state index in [1.807, 2.05) is 22.7 Å².